The maximum absolute atomic E-state index is 5.57. The van der Waals surface area contributed by atoms with Crippen molar-refractivity contribution in [1.29, 1.82) is 0 Å². The number of aryl methyl sites for hydroxylation is 1. The van der Waals surface area contributed by atoms with Crippen LogP contribution in [0.3, 0.4) is 0 Å². The van der Waals surface area contributed by atoms with Gasteiger partial charge in [0, 0.05) is 5.39 Å². The van der Waals surface area contributed by atoms with Crippen LogP contribution in [-0.4, -0.2) is 15.3 Å². The lowest BCUT2D eigenvalue weighted by molar-refractivity contribution is 0.589. The average molecular weight is 365 g/mol. The number of thiocarbonyl (C=S) groups is 1. The first kappa shape index (κ1) is 17.0. The third kappa shape index (κ3) is 3.19. The summed E-state index contributed by atoms with van der Waals surface area (Å²) in [5, 5.41) is 15.6. The number of aromatic amines is 1. The molecule has 5 heteroatoms. The summed E-state index contributed by atoms with van der Waals surface area (Å²) < 4.78 is 0. The molecule has 134 valence electrons. The lowest BCUT2D eigenvalue weighted by atomic mass is 9.85. The van der Waals surface area contributed by atoms with Crippen molar-refractivity contribution in [2.24, 2.45) is 0 Å². The topological polar surface area (TPSA) is 52.7 Å². The molecule has 3 aromatic rings. The molecule has 1 atom stereocenters. The molecule has 26 heavy (non-hydrogen) atoms. The van der Waals surface area contributed by atoms with E-state index < -0.39 is 0 Å². The molecule has 1 heterocycles. The van der Waals surface area contributed by atoms with Crippen LogP contribution in [0.15, 0.2) is 42.6 Å². The summed E-state index contributed by atoms with van der Waals surface area (Å²) >= 11 is 5.57. The molecule has 0 bridgehead atoms. The fourth-order valence-electron chi connectivity index (χ4n) is 3.63. The van der Waals surface area contributed by atoms with Crippen LogP contribution in [0.4, 0.5) is 5.69 Å². The summed E-state index contributed by atoms with van der Waals surface area (Å²) in [6.45, 7) is 6.78. The van der Waals surface area contributed by atoms with E-state index in [4.69, 9.17) is 12.2 Å². The highest BCUT2D eigenvalue weighted by Crippen LogP contribution is 2.34. The van der Waals surface area contributed by atoms with Crippen LogP contribution in [-0.2, 0) is 11.8 Å². The van der Waals surface area contributed by atoms with E-state index in [2.05, 4.69) is 59.8 Å². The molecule has 0 fully saturated rings. The van der Waals surface area contributed by atoms with Crippen LogP contribution in [0.5, 0.6) is 0 Å². The maximum Gasteiger partial charge on any atom is 0.171 e. The summed E-state index contributed by atoms with van der Waals surface area (Å²) in [6, 6.07) is 13.2. The van der Waals surface area contributed by atoms with Gasteiger partial charge in [0.15, 0.2) is 5.11 Å². The first-order chi connectivity index (χ1) is 12.4. The van der Waals surface area contributed by atoms with E-state index in [1.165, 1.54) is 16.7 Å². The van der Waals surface area contributed by atoms with Gasteiger partial charge in [-0.05, 0) is 59.3 Å². The zero-order chi connectivity index (χ0) is 18.3. The first-order valence-electron chi connectivity index (χ1n) is 9.05. The average Bonchev–Trinajstić information content (AvgIpc) is 3.21. The third-order valence-corrected chi connectivity index (χ3v) is 5.34. The van der Waals surface area contributed by atoms with Crippen molar-refractivity contribution < 1.29 is 0 Å². The van der Waals surface area contributed by atoms with Crippen molar-refractivity contribution in [1.82, 2.24) is 15.5 Å². The van der Waals surface area contributed by atoms with Gasteiger partial charge in [-0.2, -0.15) is 5.10 Å². The summed E-state index contributed by atoms with van der Waals surface area (Å²) in [5.74, 6) is 0. The fraction of sp³-hybridized carbons (Fsp3) is 0.333. The van der Waals surface area contributed by atoms with Gasteiger partial charge in [-0.25, -0.2) is 0 Å². The van der Waals surface area contributed by atoms with E-state index >= 15 is 0 Å². The Bertz CT molecular complexity index is 968. The molecular formula is C21H24N4S. The lowest BCUT2D eigenvalue weighted by Gasteiger charge is -2.21. The van der Waals surface area contributed by atoms with E-state index in [0.29, 0.717) is 5.11 Å². The van der Waals surface area contributed by atoms with E-state index in [1.54, 1.807) is 0 Å². The number of hydrogen-bond donors (Lipinski definition) is 3. The number of benzene rings is 2. The minimum atomic E-state index is 0.181. The van der Waals surface area contributed by atoms with Crippen LogP contribution in [0.25, 0.3) is 10.9 Å². The van der Waals surface area contributed by atoms with Gasteiger partial charge in [-0.3, -0.25) is 5.10 Å². The molecular weight excluding hydrogens is 340 g/mol. The first-order valence-corrected chi connectivity index (χ1v) is 9.45. The lowest BCUT2D eigenvalue weighted by Crippen LogP contribution is -2.31. The Kier molecular flexibility index (Phi) is 4.19. The maximum atomic E-state index is 5.57. The van der Waals surface area contributed by atoms with Crippen LogP contribution in [0, 0.1) is 0 Å². The molecule has 1 aliphatic rings. The molecule has 1 aliphatic carbocycles. The second-order valence-electron chi connectivity index (χ2n) is 7.99. The van der Waals surface area contributed by atoms with E-state index in [-0.39, 0.29) is 11.5 Å². The zero-order valence-electron chi connectivity index (χ0n) is 15.4. The predicted molar refractivity (Wildman–Crippen MR) is 112 cm³/mol. The Morgan fingerprint density at radius 1 is 1.23 bits per heavy atom. The van der Waals surface area contributed by atoms with Crippen LogP contribution >= 0.6 is 12.2 Å². The van der Waals surface area contributed by atoms with Crippen LogP contribution < -0.4 is 10.6 Å². The van der Waals surface area contributed by atoms with Crippen LogP contribution in [0.2, 0.25) is 0 Å². The SMILES string of the molecule is CC(C)(C)c1ccc2c(c1)CC[C@H]2NC(=S)Nc1cccc2[nH]ncc12. The molecule has 0 saturated heterocycles. The van der Waals surface area contributed by atoms with Crippen molar-refractivity contribution >= 4 is 33.9 Å². The second-order valence-corrected chi connectivity index (χ2v) is 8.40. The summed E-state index contributed by atoms with van der Waals surface area (Å²) in [4.78, 5) is 0. The number of anilines is 1. The number of rotatable bonds is 2. The molecule has 0 aliphatic heterocycles. The fourth-order valence-corrected chi connectivity index (χ4v) is 3.88. The molecule has 3 N–H and O–H groups in total. The Morgan fingerprint density at radius 2 is 2.08 bits per heavy atom. The highest BCUT2D eigenvalue weighted by Gasteiger charge is 2.25. The van der Waals surface area contributed by atoms with E-state index in [9.17, 15) is 0 Å². The van der Waals surface area contributed by atoms with Crippen molar-refractivity contribution in [3.8, 4) is 0 Å². The monoisotopic (exact) mass is 364 g/mol. The van der Waals surface area contributed by atoms with E-state index in [0.717, 1.165) is 29.4 Å². The second kappa shape index (κ2) is 6.40. The Hall–Kier alpha value is -2.40. The molecule has 0 radical (unpaired) electrons. The highest BCUT2D eigenvalue weighted by molar-refractivity contribution is 7.80. The molecule has 0 spiro atoms. The van der Waals surface area contributed by atoms with Gasteiger partial charge in [-0.15, -0.1) is 0 Å². The highest BCUT2D eigenvalue weighted by atomic mass is 32.1. The smallest absolute Gasteiger partial charge is 0.171 e. The van der Waals surface area contributed by atoms with Gasteiger partial charge in [0.05, 0.1) is 23.4 Å². The summed E-state index contributed by atoms with van der Waals surface area (Å²) in [7, 11) is 0. The Balaban J connectivity index is 1.49. The van der Waals surface area contributed by atoms with Crippen molar-refractivity contribution in [3.63, 3.8) is 0 Å². The molecule has 0 amide bonds. The molecule has 4 nitrogen and oxygen atoms in total. The standard InChI is InChI=1S/C21H24N4S/c1-21(2,3)14-8-9-15-13(11-14)7-10-18(15)24-20(26)23-17-5-4-6-19-16(17)12-22-25-19/h4-6,8-9,11-12,18H,7,10H2,1-3H3,(H,22,25)(H2,23,24,26)/t18-/m1/s1. The largest absolute Gasteiger partial charge is 0.356 e. The van der Waals surface area contributed by atoms with Gasteiger partial charge >= 0.3 is 0 Å². The number of nitrogens with one attached hydrogen (secondary N) is 3. The van der Waals surface area contributed by atoms with E-state index in [1.807, 2.05) is 24.4 Å². The number of H-pyrrole nitrogens is 1. The normalized spacial score (nSPS) is 16.5. The number of nitrogens with zero attached hydrogens (tertiary/aromatic N) is 1. The number of fused-ring (bicyclic) bond motifs is 2. The molecule has 2 aromatic carbocycles. The predicted octanol–water partition coefficient (Wildman–Crippen LogP) is 4.83. The molecule has 0 unspecified atom stereocenters. The van der Waals surface area contributed by atoms with Crippen molar-refractivity contribution in [3.05, 3.63) is 59.3 Å². The van der Waals surface area contributed by atoms with Crippen molar-refractivity contribution in [2.45, 2.75) is 45.1 Å². The van der Waals surface area contributed by atoms with Gasteiger partial charge in [0.25, 0.3) is 0 Å². The van der Waals surface area contributed by atoms with Gasteiger partial charge in [0.1, 0.15) is 0 Å². The molecule has 0 saturated carbocycles. The summed E-state index contributed by atoms with van der Waals surface area (Å²) in [5.41, 5.74) is 6.34. The Labute approximate surface area is 159 Å². The quantitative estimate of drug-likeness (QED) is 0.570. The minimum Gasteiger partial charge on any atom is -0.356 e. The van der Waals surface area contributed by atoms with Gasteiger partial charge in [-0.1, -0.05) is 45.0 Å². The Morgan fingerprint density at radius 3 is 2.88 bits per heavy atom. The molecule has 4 rings (SSSR count). The zero-order valence-corrected chi connectivity index (χ0v) is 16.2. The minimum absolute atomic E-state index is 0.181. The molecule has 1 aromatic heterocycles. The number of hydrogen-bond acceptors (Lipinski definition) is 2. The van der Waals surface area contributed by atoms with Gasteiger partial charge < -0.3 is 10.6 Å². The van der Waals surface area contributed by atoms with Gasteiger partial charge in [0.2, 0.25) is 0 Å². The third-order valence-electron chi connectivity index (χ3n) is 5.13. The van der Waals surface area contributed by atoms with Crippen molar-refractivity contribution in [2.75, 3.05) is 5.32 Å². The number of aromatic nitrogens is 2. The van der Waals surface area contributed by atoms with Crippen LogP contribution in [0.1, 0.15) is 49.9 Å². The summed E-state index contributed by atoms with van der Waals surface area (Å²) in [6.07, 6.45) is 3.98.